The van der Waals surface area contributed by atoms with Crippen LogP contribution in [0.25, 0.3) is 0 Å². The van der Waals surface area contributed by atoms with Crippen LogP contribution in [0.1, 0.15) is 64.7 Å². The van der Waals surface area contributed by atoms with Crippen LogP contribution >= 0.6 is 0 Å². The molecule has 0 bridgehead atoms. The molecule has 9 heteroatoms. The molecule has 0 radical (unpaired) electrons. The Hall–Kier alpha value is -3.25. The van der Waals surface area contributed by atoms with Gasteiger partial charge in [0.1, 0.15) is 0 Å². The van der Waals surface area contributed by atoms with Crippen molar-refractivity contribution in [1.82, 2.24) is 0 Å². The molecule has 0 amide bonds. The van der Waals surface area contributed by atoms with E-state index in [9.17, 15) is 19.8 Å². The molecule has 0 aromatic heterocycles. The Morgan fingerprint density at radius 3 is 1.76 bits per heavy atom. The van der Waals surface area contributed by atoms with E-state index in [0.29, 0.717) is 11.1 Å². The first-order valence-electron chi connectivity index (χ1n) is 12.3. The van der Waals surface area contributed by atoms with Crippen molar-refractivity contribution in [2.45, 2.75) is 77.4 Å². The van der Waals surface area contributed by atoms with Crippen molar-refractivity contribution in [2.24, 2.45) is 5.41 Å². The zero-order valence-corrected chi connectivity index (χ0v) is 23.1. The average molecular weight is 532 g/mol. The van der Waals surface area contributed by atoms with Crippen LogP contribution in [0.15, 0.2) is 36.4 Å². The molecule has 2 aromatic rings. The molecule has 6 nitrogen and oxygen atoms in total. The van der Waals surface area contributed by atoms with Gasteiger partial charge in [-0.25, -0.2) is 8.78 Å². The molecule has 0 saturated carbocycles. The van der Waals surface area contributed by atoms with Gasteiger partial charge < -0.3 is 14.6 Å². The molecule has 2 N–H and O–H groups in total. The maximum atomic E-state index is 15.3. The molecule has 0 atom stereocenters. The maximum absolute atomic E-state index is 15.3. The fourth-order valence-electron chi connectivity index (χ4n) is 5.34. The number of nitrogens with zero attached hydrogens (tertiary/aromatic N) is 1. The first-order valence-corrected chi connectivity index (χ1v) is 14.5. The van der Waals surface area contributed by atoms with Gasteiger partial charge in [0.15, 0.2) is 22.8 Å². The third-order valence-corrected chi connectivity index (χ3v) is 13.3. The molecule has 0 aliphatic rings. The minimum Gasteiger partial charge on any atom is -0.539 e. The number of halogens is 2. The van der Waals surface area contributed by atoms with Crippen LogP contribution < -0.4 is 4.43 Å². The SMILES string of the molecule is CC(C)[Si](Oc1c(F)cc(CC(CCc2ccc(C#N)cc2)(C(=O)O)C(=O)O)cc1F)(C(C)C)C(C)C. The largest absolute Gasteiger partial charge is 0.539 e. The Morgan fingerprint density at radius 2 is 1.38 bits per heavy atom. The highest BCUT2D eigenvalue weighted by Gasteiger charge is 2.49. The van der Waals surface area contributed by atoms with Crippen LogP contribution in [-0.2, 0) is 22.4 Å². The van der Waals surface area contributed by atoms with Crippen molar-refractivity contribution in [2.75, 3.05) is 0 Å². The van der Waals surface area contributed by atoms with Crippen molar-refractivity contribution in [3.05, 3.63) is 64.7 Å². The fourth-order valence-corrected chi connectivity index (χ4v) is 10.6. The Kier molecular flexibility index (Phi) is 9.61. The summed E-state index contributed by atoms with van der Waals surface area (Å²) < 4.78 is 36.7. The third kappa shape index (κ3) is 6.19. The predicted molar refractivity (Wildman–Crippen MR) is 139 cm³/mol. The minimum atomic E-state index is -2.68. The number of hydrogen-bond donors (Lipinski definition) is 2. The van der Waals surface area contributed by atoms with Crippen LogP contribution in [0.4, 0.5) is 8.78 Å². The van der Waals surface area contributed by atoms with Crippen molar-refractivity contribution < 1.29 is 33.0 Å². The lowest BCUT2D eigenvalue weighted by atomic mass is 9.77. The highest BCUT2D eigenvalue weighted by atomic mass is 28.4. The monoisotopic (exact) mass is 531 g/mol. The van der Waals surface area contributed by atoms with Crippen LogP contribution in [0.5, 0.6) is 5.75 Å². The second-order valence-corrected chi connectivity index (χ2v) is 15.9. The molecule has 0 unspecified atom stereocenters. The van der Waals surface area contributed by atoms with Gasteiger partial charge >= 0.3 is 11.9 Å². The van der Waals surface area contributed by atoms with E-state index in [-0.39, 0.29) is 35.0 Å². The third-order valence-electron chi connectivity index (χ3n) is 7.29. The summed E-state index contributed by atoms with van der Waals surface area (Å²) in [5.74, 6) is -5.65. The molecule has 0 heterocycles. The number of carboxylic acid groups (broad SMARTS) is 2. The first kappa shape index (κ1) is 30.0. The van der Waals surface area contributed by atoms with E-state index in [1.54, 1.807) is 24.3 Å². The Bertz CT molecular complexity index is 1110. The van der Waals surface area contributed by atoms with Gasteiger partial charge in [0.25, 0.3) is 8.32 Å². The second-order valence-electron chi connectivity index (χ2n) is 10.5. The van der Waals surface area contributed by atoms with Crippen LogP contribution in [0.3, 0.4) is 0 Å². The number of benzene rings is 2. The lowest BCUT2D eigenvalue weighted by molar-refractivity contribution is -0.165. The Balaban J connectivity index is 2.44. The number of rotatable bonds is 12. The van der Waals surface area contributed by atoms with Crippen molar-refractivity contribution in [1.29, 1.82) is 5.26 Å². The van der Waals surface area contributed by atoms with Crippen molar-refractivity contribution in [3.63, 3.8) is 0 Å². The fraction of sp³-hybridized carbons (Fsp3) is 0.464. The van der Waals surface area contributed by atoms with Crippen LogP contribution in [0.2, 0.25) is 16.6 Å². The molecule has 0 fully saturated rings. The normalized spacial score (nSPS) is 12.2. The van der Waals surface area contributed by atoms with Crippen LogP contribution in [-0.4, -0.2) is 30.5 Å². The zero-order valence-electron chi connectivity index (χ0n) is 22.1. The molecule has 0 aliphatic heterocycles. The van der Waals surface area contributed by atoms with E-state index in [1.165, 1.54) is 0 Å². The highest BCUT2D eigenvalue weighted by Crippen LogP contribution is 2.44. The number of nitriles is 1. The number of aryl methyl sites for hydroxylation is 1. The standard InChI is InChI=1S/C28H35F2NO5Si/c1-17(2)37(18(3)4,19(5)6)36-25-23(29)13-22(14-24(25)30)15-28(26(32)33,27(34)35)12-11-20-7-9-21(16-31)10-8-20/h7-10,13-14,17-19H,11-12,15H2,1-6H3,(H,32,33)(H,34,35). The molecule has 0 spiro atoms. The number of carboxylic acids is 2. The second kappa shape index (κ2) is 11.9. The van der Waals surface area contributed by atoms with E-state index in [4.69, 9.17) is 9.69 Å². The van der Waals surface area contributed by atoms with E-state index in [2.05, 4.69) is 0 Å². The van der Waals surface area contributed by atoms with Gasteiger partial charge in [-0.3, -0.25) is 9.59 Å². The van der Waals surface area contributed by atoms with Crippen molar-refractivity contribution >= 4 is 20.3 Å². The molecule has 2 aromatic carbocycles. The number of carbonyl (C=O) groups is 2. The lowest BCUT2D eigenvalue weighted by Crippen LogP contribution is -2.51. The number of hydrogen-bond acceptors (Lipinski definition) is 4. The smallest absolute Gasteiger partial charge is 0.321 e. The zero-order chi connectivity index (χ0) is 28.1. The molecular formula is C28H35F2NO5Si. The van der Waals surface area contributed by atoms with Crippen molar-refractivity contribution in [3.8, 4) is 11.8 Å². The summed E-state index contributed by atoms with van der Waals surface area (Å²) in [6.07, 6.45) is -0.833. The molecule has 0 saturated heterocycles. The van der Waals surface area contributed by atoms with Gasteiger partial charge in [-0.1, -0.05) is 53.7 Å². The van der Waals surface area contributed by atoms with Gasteiger partial charge in [-0.05, 0) is 71.3 Å². The van der Waals surface area contributed by atoms with E-state index < -0.39 is 49.5 Å². The summed E-state index contributed by atoms with van der Waals surface area (Å²) in [7, 11) is -2.68. The summed E-state index contributed by atoms with van der Waals surface area (Å²) >= 11 is 0. The summed E-state index contributed by atoms with van der Waals surface area (Å²) in [5.41, 5.74) is -1.12. The summed E-state index contributed by atoms with van der Waals surface area (Å²) in [6, 6.07) is 10.3. The molecule has 2 rings (SSSR count). The Morgan fingerprint density at radius 1 is 0.919 bits per heavy atom. The number of aliphatic carboxylic acids is 2. The minimum absolute atomic E-state index is 0.0693. The first-order chi connectivity index (χ1) is 17.2. The van der Waals surface area contributed by atoms with Gasteiger partial charge in [0.05, 0.1) is 11.6 Å². The summed E-state index contributed by atoms with van der Waals surface area (Å²) in [6.45, 7) is 11.9. The average Bonchev–Trinajstić information content (AvgIpc) is 2.80. The quantitative estimate of drug-likeness (QED) is 0.232. The molecule has 37 heavy (non-hydrogen) atoms. The van der Waals surface area contributed by atoms with E-state index in [1.807, 2.05) is 47.6 Å². The predicted octanol–water partition coefficient (Wildman–Crippen LogP) is 6.72. The topological polar surface area (TPSA) is 108 Å². The summed E-state index contributed by atoms with van der Waals surface area (Å²) in [5, 5.41) is 28.8. The van der Waals surface area contributed by atoms with E-state index in [0.717, 1.165) is 12.1 Å². The van der Waals surface area contributed by atoms with Gasteiger partial charge in [0.2, 0.25) is 0 Å². The van der Waals surface area contributed by atoms with Gasteiger partial charge in [-0.15, -0.1) is 0 Å². The van der Waals surface area contributed by atoms with Gasteiger partial charge in [0, 0.05) is 0 Å². The Labute approximate surface area is 218 Å². The molecular weight excluding hydrogens is 496 g/mol. The molecule has 200 valence electrons. The van der Waals surface area contributed by atoms with E-state index >= 15 is 8.78 Å². The maximum Gasteiger partial charge on any atom is 0.321 e. The summed E-state index contributed by atoms with van der Waals surface area (Å²) in [4.78, 5) is 24.4. The van der Waals surface area contributed by atoms with Crippen LogP contribution in [0, 0.1) is 28.4 Å². The highest BCUT2D eigenvalue weighted by molar-refractivity contribution is 6.78. The van der Waals surface area contributed by atoms with Gasteiger partial charge in [-0.2, -0.15) is 5.26 Å². The lowest BCUT2D eigenvalue weighted by Gasteiger charge is -2.42. The molecule has 0 aliphatic carbocycles.